The van der Waals surface area contributed by atoms with E-state index in [4.69, 9.17) is 14.2 Å². The Labute approximate surface area is 337 Å². The molecule has 5 aromatic rings. The molecule has 1 heterocycles. The molecular weight excluding hydrogens is 725 g/mol. The maximum absolute atomic E-state index is 14.3. The third-order valence-corrected chi connectivity index (χ3v) is 13.3. The second-order valence-corrected chi connectivity index (χ2v) is 16.5. The fraction of sp³-hybridized carbons (Fsp3) is 0.255. The number of esters is 3. The SMILES string of the molecule is C=C(C)C(=O)CC1C2CC3C1OC(=O)C3C2C(=O)OC1c2ccccc2Cc2c(/C=C/c3ccc(C(=O)OC4c5ccccc5Cc5ccccc54)cc3)cccc21. The summed E-state index contributed by atoms with van der Waals surface area (Å²) in [7, 11) is 0. The van der Waals surface area contributed by atoms with Crippen molar-refractivity contribution < 1.29 is 33.4 Å². The van der Waals surface area contributed by atoms with E-state index in [2.05, 4.69) is 36.9 Å². The molecule has 1 aliphatic heterocycles. The van der Waals surface area contributed by atoms with E-state index in [-0.39, 0.29) is 48.0 Å². The summed E-state index contributed by atoms with van der Waals surface area (Å²) in [5, 5.41) is 0. The molecule has 10 rings (SSSR count). The van der Waals surface area contributed by atoms with E-state index in [1.807, 2.05) is 84.9 Å². The average molecular weight is 767 g/mol. The van der Waals surface area contributed by atoms with Crippen molar-refractivity contribution in [3.63, 3.8) is 0 Å². The molecule has 3 fully saturated rings. The highest BCUT2D eigenvalue weighted by Crippen LogP contribution is 2.62. The summed E-state index contributed by atoms with van der Waals surface area (Å²) in [4.78, 5) is 53.8. The lowest BCUT2D eigenvalue weighted by Gasteiger charge is -2.33. The Bertz CT molecular complexity index is 2520. The first kappa shape index (κ1) is 36.0. The molecule has 288 valence electrons. The van der Waals surface area contributed by atoms with Crippen molar-refractivity contribution in [1.29, 1.82) is 0 Å². The smallest absolute Gasteiger partial charge is 0.339 e. The van der Waals surface area contributed by atoms with Gasteiger partial charge >= 0.3 is 17.9 Å². The van der Waals surface area contributed by atoms with Crippen molar-refractivity contribution in [3.8, 4) is 0 Å². The van der Waals surface area contributed by atoms with Crippen LogP contribution >= 0.6 is 0 Å². The predicted molar refractivity (Wildman–Crippen MR) is 218 cm³/mol. The molecule has 0 spiro atoms. The normalized spacial score (nSPS) is 24.6. The zero-order chi connectivity index (χ0) is 39.7. The molecule has 7 unspecified atom stereocenters. The van der Waals surface area contributed by atoms with Crippen LogP contribution in [0.1, 0.15) is 98.0 Å². The number of ether oxygens (including phenoxy) is 3. The number of allylic oxidation sites excluding steroid dienone is 1. The van der Waals surface area contributed by atoms with Gasteiger partial charge in [-0.2, -0.15) is 0 Å². The molecule has 0 N–H and O–H groups in total. The highest BCUT2D eigenvalue weighted by molar-refractivity contribution is 5.95. The Morgan fingerprint density at radius 1 is 0.707 bits per heavy atom. The molecular formula is C51H42O7. The van der Waals surface area contributed by atoms with Gasteiger partial charge in [0.05, 0.1) is 17.4 Å². The van der Waals surface area contributed by atoms with E-state index < -0.39 is 30.0 Å². The molecule has 2 bridgehead atoms. The van der Waals surface area contributed by atoms with Gasteiger partial charge in [0.25, 0.3) is 0 Å². The number of hydrogen-bond donors (Lipinski definition) is 0. The fourth-order valence-corrected chi connectivity index (χ4v) is 10.5. The van der Waals surface area contributed by atoms with Gasteiger partial charge in [0.1, 0.15) is 6.10 Å². The molecule has 0 amide bonds. The van der Waals surface area contributed by atoms with Crippen LogP contribution in [0.2, 0.25) is 0 Å². The van der Waals surface area contributed by atoms with Gasteiger partial charge in [0, 0.05) is 40.5 Å². The summed E-state index contributed by atoms with van der Waals surface area (Å²) in [6, 6.07) is 37.8. The van der Waals surface area contributed by atoms with Crippen molar-refractivity contribution in [2.75, 3.05) is 0 Å². The monoisotopic (exact) mass is 766 g/mol. The number of hydrogen-bond acceptors (Lipinski definition) is 7. The van der Waals surface area contributed by atoms with Crippen LogP contribution in [0, 0.1) is 29.6 Å². The minimum Gasteiger partial charge on any atom is -0.461 e. The van der Waals surface area contributed by atoms with Gasteiger partial charge in [-0.25, -0.2) is 4.79 Å². The van der Waals surface area contributed by atoms with Gasteiger partial charge in [-0.15, -0.1) is 0 Å². The van der Waals surface area contributed by atoms with E-state index in [0.29, 0.717) is 24.0 Å². The summed E-state index contributed by atoms with van der Waals surface area (Å²) in [6.07, 6.45) is 4.98. The molecule has 0 radical (unpaired) electrons. The molecule has 7 atom stereocenters. The number of carbonyl (C=O) groups is 4. The zero-order valence-corrected chi connectivity index (χ0v) is 32.1. The molecule has 1 saturated heterocycles. The van der Waals surface area contributed by atoms with Gasteiger partial charge in [0.2, 0.25) is 0 Å². The lowest BCUT2D eigenvalue weighted by Crippen LogP contribution is -2.40. The summed E-state index contributed by atoms with van der Waals surface area (Å²) in [6.45, 7) is 5.51. The van der Waals surface area contributed by atoms with Crippen LogP contribution in [-0.2, 0) is 41.4 Å². The Kier molecular flexibility index (Phi) is 8.85. The van der Waals surface area contributed by atoms with E-state index in [1.165, 1.54) is 0 Å². The standard InChI is InChI=1S/C51H42O7/c1-28(2)43(52)27-41-40-26-42-45(51(55)58-48(41)42)44(40)50(54)57-47-37-16-8-5-12-34(37)25-39-30(13-9-17-38(39)47)21-18-29-19-22-31(23-20-29)49(53)56-46-35-14-6-3-10-32(35)24-33-11-4-7-15-36(33)46/h3-23,40-42,44-48H,1,24-27H2,2H3/b21-18+. The van der Waals surface area contributed by atoms with Crippen LogP contribution in [0.4, 0.5) is 0 Å². The zero-order valence-electron chi connectivity index (χ0n) is 32.1. The van der Waals surface area contributed by atoms with Gasteiger partial charge in [-0.05, 0) is 83.2 Å². The Balaban J connectivity index is 0.886. The third kappa shape index (κ3) is 6.03. The van der Waals surface area contributed by atoms with Crippen molar-refractivity contribution in [2.24, 2.45) is 29.6 Å². The number of ketones is 1. The van der Waals surface area contributed by atoms with Gasteiger partial charge in [-0.3, -0.25) is 14.4 Å². The first-order valence-electron chi connectivity index (χ1n) is 20.2. The maximum Gasteiger partial charge on any atom is 0.339 e. The highest BCUT2D eigenvalue weighted by atomic mass is 16.6. The van der Waals surface area contributed by atoms with Crippen molar-refractivity contribution in [3.05, 3.63) is 189 Å². The van der Waals surface area contributed by atoms with E-state index in [9.17, 15) is 19.2 Å². The van der Waals surface area contributed by atoms with Gasteiger partial charge < -0.3 is 14.2 Å². The minimum atomic E-state index is -0.658. The van der Waals surface area contributed by atoms with Crippen molar-refractivity contribution in [2.45, 2.75) is 50.9 Å². The van der Waals surface area contributed by atoms with Crippen molar-refractivity contribution >= 4 is 35.8 Å². The number of rotatable bonds is 9. The lowest BCUT2D eigenvalue weighted by molar-refractivity contribution is -0.159. The lowest BCUT2D eigenvalue weighted by atomic mass is 9.72. The van der Waals surface area contributed by atoms with E-state index >= 15 is 0 Å². The molecule has 4 aliphatic carbocycles. The largest absolute Gasteiger partial charge is 0.461 e. The quantitative estimate of drug-likeness (QED) is 0.0639. The number of Topliss-reactive ketones (excluding diaryl/α,β-unsaturated/α-hetero) is 1. The Morgan fingerprint density at radius 2 is 1.31 bits per heavy atom. The van der Waals surface area contributed by atoms with Gasteiger partial charge in [0.15, 0.2) is 18.0 Å². The van der Waals surface area contributed by atoms with Crippen LogP contribution < -0.4 is 0 Å². The van der Waals surface area contributed by atoms with Crippen LogP contribution in [0.15, 0.2) is 127 Å². The highest BCUT2D eigenvalue weighted by Gasteiger charge is 2.68. The van der Waals surface area contributed by atoms with E-state index in [1.54, 1.807) is 19.1 Å². The molecule has 0 aromatic heterocycles. The third-order valence-electron chi connectivity index (χ3n) is 13.3. The Morgan fingerprint density at radius 3 is 1.97 bits per heavy atom. The molecule has 7 nitrogen and oxygen atoms in total. The fourth-order valence-electron chi connectivity index (χ4n) is 10.5. The molecule has 2 saturated carbocycles. The van der Waals surface area contributed by atoms with Gasteiger partial charge in [-0.1, -0.05) is 122 Å². The summed E-state index contributed by atoms with van der Waals surface area (Å²) in [5.74, 6) is -2.87. The second-order valence-electron chi connectivity index (χ2n) is 16.5. The first-order chi connectivity index (χ1) is 28.2. The van der Waals surface area contributed by atoms with Crippen LogP contribution in [0.5, 0.6) is 0 Å². The molecule has 5 aliphatic rings. The average Bonchev–Trinajstić information content (AvgIpc) is 3.87. The topological polar surface area (TPSA) is 96.0 Å². The summed E-state index contributed by atoms with van der Waals surface area (Å²) >= 11 is 0. The number of fused-ring (bicyclic) bond motifs is 5. The summed E-state index contributed by atoms with van der Waals surface area (Å²) < 4.78 is 18.5. The van der Waals surface area contributed by atoms with Crippen LogP contribution in [0.3, 0.4) is 0 Å². The second kappa shape index (κ2) is 14.2. The predicted octanol–water partition coefficient (Wildman–Crippen LogP) is 9.20. The Hall–Kier alpha value is -6.34. The minimum absolute atomic E-state index is 0.0639. The number of carbonyl (C=O) groups excluding carboxylic acids is 4. The van der Waals surface area contributed by atoms with Crippen molar-refractivity contribution in [1.82, 2.24) is 0 Å². The number of benzene rings is 5. The molecule has 7 heteroatoms. The summed E-state index contributed by atoms with van der Waals surface area (Å²) in [5.41, 5.74) is 11.2. The first-order valence-corrected chi connectivity index (χ1v) is 20.2. The van der Waals surface area contributed by atoms with Crippen LogP contribution in [0.25, 0.3) is 12.2 Å². The maximum atomic E-state index is 14.3. The van der Waals surface area contributed by atoms with E-state index in [0.717, 1.165) is 62.1 Å². The van der Waals surface area contributed by atoms with Crippen LogP contribution in [-0.4, -0.2) is 29.8 Å². The molecule has 58 heavy (non-hydrogen) atoms. The molecule has 5 aromatic carbocycles.